The van der Waals surface area contributed by atoms with E-state index in [-0.39, 0.29) is 13.2 Å². The molecule has 0 aromatic heterocycles. The van der Waals surface area contributed by atoms with Gasteiger partial charge in [0.1, 0.15) is 6.10 Å². The van der Waals surface area contributed by atoms with Crippen molar-refractivity contribution in [1.82, 2.24) is 0 Å². The third-order valence-corrected chi connectivity index (χ3v) is 1.19. The lowest BCUT2D eigenvalue weighted by Crippen LogP contribution is -2.19. The molecule has 0 radical (unpaired) electrons. The first-order valence-corrected chi connectivity index (χ1v) is 3.90. The Morgan fingerprint density at radius 2 is 2.17 bits per heavy atom. The van der Waals surface area contributed by atoms with Gasteiger partial charge in [-0.15, -0.1) is 0 Å². The van der Waals surface area contributed by atoms with Crippen molar-refractivity contribution >= 4 is 0 Å². The van der Waals surface area contributed by atoms with E-state index in [1.165, 1.54) is 6.26 Å². The minimum Gasteiger partial charge on any atom is -0.502 e. The van der Waals surface area contributed by atoms with Gasteiger partial charge in [0, 0.05) is 13.0 Å². The van der Waals surface area contributed by atoms with E-state index in [0.29, 0.717) is 13.2 Å². The zero-order chi connectivity index (χ0) is 9.23. The van der Waals surface area contributed by atoms with Gasteiger partial charge in [-0.25, -0.2) is 0 Å². The van der Waals surface area contributed by atoms with Crippen LogP contribution < -0.4 is 0 Å². The summed E-state index contributed by atoms with van der Waals surface area (Å²) >= 11 is 0. The summed E-state index contributed by atoms with van der Waals surface area (Å²) in [7, 11) is 0. The fourth-order valence-electron chi connectivity index (χ4n) is 0.600. The molecule has 0 saturated heterocycles. The molecule has 0 fully saturated rings. The Kier molecular flexibility index (Phi) is 8.10. The Labute approximate surface area is 72.4 Å². The normalized spacial score (nSPS) is 12.5. The van der Waals surface area contributed by atoms with Gasteiger partial charge >= 0.3 is 0 Å². The van der Waals surface area contributed by atoms with Gasteiger partial charge in [0.25, 0.3) is 0 Å². The molecule has 0 spiro atoms. The van der Waals surface area contributed by atoms with Crippen LogP contribution in [0.1, 0.15) is 6.42 Å². The van der Waals surface area contributed by atoms with Gasteiger partial charge in [-0.3, -0.25) is 0 Å². The van der Waals surface area contributed by atoms with Crippen LogP contribution in [0.4, 0.5) is 0 Å². The van der Waals surface area contributed by atoms with Crippen LogP contribution in [0.5, 0.6) is 0 Å². The lowest BCUT2D eigenvalue weighted by atomic mass is 10.4. The Balaban J connectivity index is 2.95. The van der Waals surface area contributed by atoms with Crippen LogP contribution in [0, 0.1) is 0 Å². The van der Waals surface area contributed by atoms with Gasteiger partial charge in [0.15, 0.2) is 0 Å². The highest BCUT2D eigenvalue weighted by Gasteiger charge is 2.00. The monoisotopic (exact) mass is 176 g/mol. The molecule has 0 amide bonds. The lowest BCUT2D eigenvalue weighted by molar-refractivity contribution is 0.00256. The number of hydrogen-bond donors (Lipinski definition) is 2. The summed E-state index contributed by atoms with van der Waals surface area (Å²) in [5.74, 6) is 0. The highest BCUT2D eigenvalue weighted by atomic mass is 16.5. The molecule has 1 unspecified atom stereocenters. The van der Waals surface area contributed by atoms with Crippen molar-refractivity contribution in [1.29, 1.82) is 0 Å². The standard InChI is InChI=1S/C8H16O4/c1-2-11-4-3-5-12-7-8(10)6-9/h2,8-10H,1,3-7H2. The van der Waals surface area contributed by atoms with Crippen LogP contribution in [-0.2, 0) is 9.47 Å². The van der Waals surface area contributed by atoms with E-state index < -0.39 is 6.10 Å². The van der Waals surface area contributed by atoms with E-state index in [2.05, 4.69) is 6.58 Å². The van der Waals surface area contributed by atoms with Crippen molar-refractivity contribution in [2.45, 2.75) is 12.5 Å². The van der Waals surface area contributed by atoms with Gasteiger partial charge in [-0.05, 0) is 0 Å². The zero-order valence-corrected chi connectivity index (χ0v) is 7.11. The maximum absolute atomic E-state index is 8.84. The maximum atomic E-state index is 8.84. The number of rotatable bonds is 8. The second-order valence-corrected chi connectivity index (χ2v) is 2.30. The summed E-state index contributed by atoms with van der Waals surface area (Å²) in [5, 5.41) is 17.2. The fraction of sp³-hybridized carbons (Fsp3) is 0.750. The van der Waals surface area contributed by atoms with E-state index in [1.54, 1.807) is 0 Å². The first-order chi connectivity index (χ1) is 5.81. The van der Waals surface area contributed by atoms with Gasteiger partial charge < -0.3 is 19.7 Å². The minimum absolute atomic E-state index is 0.171. The molecular formula is C8H16O4. The molecular weight excluding hydrogens is 160 g/mol. The molecule has 72 valence electrons. The summed E-state index contributed by atoms with van der Waals surface area (Å²) in [4.78, 5) is 0. The number of aliphatic hydroxyl groups excluding tert-OH is 2. The molecule has 0 saturated carbocycles. The summed E-state index contributed by atoms with van der Waals surface area (Å²) in [5.41, 5.74) is 0. The molecule has 0 heterocycles. The van der Waals surface area contributed by atoms with Gasteiger partial charge in [-0.2, -0.15) is 0 Å². The quantitative estimate of drug-likeness (QED) is 0.401. The second-order valence-electron chi connectivity index (χ2n) is 2.30. The van der Waals surface area contributed by atoms with Crippen molar-refractivity contribution in [2.75, 3.05) is 26.4 Å². The first-order valence-electron chi connectivity index (χ1n) is 3.90. The zero-order valence-electron chi connectivity index (χ0n) is 7.11. The summed E-state index contributed by atoms with van der Waals surface area (Å²) in [6, 6.07) is 0. The molecule has 4 nitrogen and oxygen atoms in total. The maximum Gasteiger partial charge on any atom is 0.100 e. The van der Waals surface area contributed by atoms with E-state index >= 15 is 0 Å². The van der Waals surface area contributed by atoms with Gasteiger partial charge in [-0.1, -0.05) is 6.58 Å². The van der Waals surface area contributed by atoms with Gasteiger partial charge in [0.2, 0.25) is 0 Å². The average molecular weight is 176 g/mol. The SMILES string of the molecule is C=COCCCOCC(O)CO. The Bertz CT molecular complexity index is 105. The molecule has 12 heavy (non-hydrogen) atoms. The van der Waals surface area contributed by atoms with Crippen molar-refractivity contribution in [2.24, 2.45) is 0 Å². The van der Waals surface area contributed by atoms with Crippen LogP contribution in [0.15, 0.2) is 12.8 Å². The molecule has 0 aromatic carbocycles. The van der Waals surface area contributed by atoms with Crippen LogP contribution in [0.25, 0.3) is 0 Å². The van der Waals surface area contributed by atoms with Crippen LogP contribution >= 0.6 is 0 Å². The smallest absolute Gasteiger partial charge is 0.100 e. The fourth-order valence-corrected chi connectivity index (χ4v) is 0.600. The number of aliphatic hydroxyl groups is 2. The molecule has 0 aliphatic heterocycles. The lowest BCUT2D eigenvalue weighted by Gasteiger charge is -2.07. The molecule has 0 aromatic rings. The van der Waals surface area contributed by atoms with Crippen molar-refractivity contribution in [3.63, 3.8) is 0 Å². The third-order valence-electron chi connectivity index (χ3n) is 1.19. The average Bonchev–Trinajstić information content (AvgIpc) is 2.10. The van der Waals surface area contributed by atoms with Crippen molar-refractivity contribution in [3.05, 3.63) is 12.8 Å². The Morgan fingerprint density at radius 3 is 2.75 bits per heavy atom. The number of hydrogen-bond acceptors (Lipinski definition) is 4. The van der Waals surface area contributed by atoms with Crippen LogP contribution in [0.3, 0.4) is 0 Å². The van der Waals surface area contributed by atoms with Crippen molar-refractivity contribution < 1.29 is 19.7 Å². The molecule has 0 bridgehead atoms. The Morgan fingerprint density at radius 1 is 1.42 bits per heavy atom. The van der Waals surface area contributed by atoms with E-state index in [0.717, 1.165) is 6.42 Å². The molecule has 1 atom stereocenters. The van der Waals surface area contributed by atoms with Crippen LogP contribution in [-0.4, -0.2) is 42.7 Å². The number of ether oxygens (including phenoxy) is 2. The highest BCUT2D eigenvalue weighted by molar-refractivity contribution is 4.50. The predicted molar refractivity (Wildman–Crippen MR) is 44.7 cm³/mol. The Hall–Kier alpha value is -0.580. The second kappa shape index (κ2) is 8.52. The van der Waals surface area contributed by atoms with Gasteiger partial charge in [0.05, 0.1) is 26.1 Å². The van der Waals surface area contributed by atoms with E-state index in [1.807, 2.05) is 0 Å². The largest absolute Gasteiger partial charge is 0.502 e. The molecule has 0 aliphatic carbocycles. The van der Waals surface area contributed by atoms with E-state index in [9.17, 15) is 0 Å². The summed E-state index contributed by atoms with van der Waals surface area (Å²) in [6.45, 7) is 4.38. The molecule has 0 aliphatic rings. The summed E-state index contributed by atoms with van der Waals surface area (Å²) < 4.78 is 9.85. The molecule has 4 heteroatoms. The first kappa shape index (κ1) is 11.4. The van der Waals surface area contributed by atoms with Crippen LogP contribution in [0.2, 0.25) is 0 Å². The van der Waals surface area contributed by atoms with Crippen molar-refractivity contribution in [3.8, 4) is 0 Å². The topological polar surface area (TPSA) is 58.9 Å². The molecule has 0 rings (SSSR count). The highest BCUT2D eigenvalue weighted by Crippen LogP contribution is 1.88. The predicted octanol–water partition coefficient (Wildman–Crippen LogP) is -0.0936. The minimum atomic E-state index is -0.773. The third kappa shape index (κ3) is 7.53. The molecule has 2 N–H and O–H groups in total. The summed E-state index contributed by atoms with van der Waals surface area (Å²) in [6.07, 6.45) is 1.36. The van der Waals surface area contributed by atoms with E-state index in [4.69, 9.17) is 19.7 Å².